The first-order chi connectivity index (χ1) is 13.0. The summed E-state index contributed by atoms with van der Waals surface area (Å²) in [6.45, 7) is 2.40. The summed E-state index contributed by atoms with van der Waals surface area (Å²) in [5, 5.41) is 0.896. The molecule has 0 N–H and O–H groups in total. The Morgan fingerprint density at radius 1 is 1.15 bits per heavy atom. The number of hydrogen-bond donors (Lipinski definition) is 0. The maximum absolute atomic E-state index is 13.5. The highest BCUT2D eigenvalue weighted by Gasteiger charge is 2.28. The quantitative estimate of drug-likeness (QED) is 0.509. The smallest absolute Gasteiger partial charge is 0.268 e. The van der Waals surface area contributed by atoms with E-state index in [-0.39, 0.29) is 4.90 Å². The van der Waals surface area contributed by atoms with Crippen molar-refractivity contribution in [3.8, 4) is 5.75 Å². The minimum Gasteiger partial charge on any atom is -0.495 e. The topological polar surface area (TPSA) is 59.5 Å². The van der Waals surface area contributed by atoms with E-state index in [1.807, 2.05) is 37.3 Å². The molecule has 0 radical (unpaired) electrons. The lowest BCUT2D eigenvalue weighted by atomic mass is 10.2. The summed E-state index contributed by atoms with van der Waals surface area (Å²) in [4.78, 5) is 4.56. The Balaban J connectivity index is 2.14. The van der Waals surface area contributed by atoms with Gasteiger partial charge in [-0.05, 0) is 36.8 Å². The molecule has 0 atom stereocenters. The number of hydrogen-bond acceptors (Lipinski definition) is 4. The van der Waals surface area contributed by atoms with Gasteiger partial charge in [0.15, 0.2) is 0 Å². The Hall–Kier alpha value is -2.12. The Morgan fingerprint density at radius 3 is 2.67 bits per heavy atom. The van der Waals surface area contributed by atoms with Crippen molar-refractivity contribution in [1.29, 1.82) is 0 Å². The van der Waals surface area contributed by atoms with E-state index < -0.39 is 10.0 Å². The number of fused-ring (bicyclic) bond motifs is 1. The van der Waals surface area contributed by atoms with E-state index >= 15 is 0 Å². The summed E-state index contributed by atoms with van der Waals surface area (Å²) in [6, 6.07) is 14.5. The third-order valence-corrected chi connectivity index (χ3v) is 6.61. The van der Waals surface area contributed by atoms with Gasteiger partial charge < -0.3 is 4.74 Å². The van der Waals surface area contributed by atoms with Crippen molar-refractivity contribution >= 4 is 42.5 Å². The number of rotatable bonds is 7. The average molecular weight is 449 g/mol. The molecule has 0 spiro atoms. The van der Waals surface area contributed by atoms with E-state index in [1.54, 1.807) is 24.4 Å². The van der Waals surface area contributed by atoms with Crippen molar-refractivity contribution in [1.82, 2.24) is 4.98 Å². The van der Waals surface area contributed by atoms with Gasteiger partial charge in [-0.15, -0.1) is 0 Å². The molecule has 0 aliphatic carbocycles. The van der Waals surface area contributed by atoms with Gasteiger partial charge in [0.2, 0.25) is 0 Å². The van der Waals surface area contributed by atoms with Crippen LogP contribution in [0.4, 0.5) is 5.69 Å². The first-order valence-corrected chi connectivity index (χ1v) is 10.9. The van der Waals surface area contributed by atoms with Gasteiger partial charge in [0.1, 0.15) is 10.6 Å². The molecule has 0 bridgehead atoms. The third-order valence-electron chi connectivity index (χ3n) is 4.27. The second-order valence-electron chi connectivity index (χ2n) is 6.11. The minimum absolute atomic E-state index is 0.128. The number of unbranched alkanes of at least 4 members (excludes halogenated alkanes) is 1. The molecule has 5 nitrogen and oxygen atoms in total. The lowest BCUT2D eigenvalue weighted by molar-refractivity contribution is 0.402. The van der Waals surface area contributed by atoms with Gasteiger partial charge in [0.25, 0.3) is 10.0 Å². The first-order valence-electron chi connectivity index (χ1n) is 8.68. The van der Waals surface area contributed by atoms with Crippen LogP contribution in [0.5, 0.6) is 5.75 Å². The third kappa shape index (κ3) is 4.09. The number of anilines is 1. The van der Waals surface area contributed by atoms with Crippen LogP contribution in [0.3, 0.4) is 0 Å². The molecule has 0 saturated heterocycles. The maximum atomic E-state index is 13.5. The predicted molar refractivity (Wildman–Crippen MR) is 112 cm³/mol. The van der Waals surface area contributed by atoms with Crippen molar-refractivity contribution in [2.24, 2.45) is 0 Å². The summed E-state index contributed by atoms with van der Waals surface area (Å²) in [5.74, 6) is 0.313. The van der Waals surface area contributed by atoms with E-state index in [9.17, 15) is 8.42 Å². The molecule has 2 aromatic carbocycles. The van der Waals surface area contributed by atoms with Crippen LogP contribution in [0.1, 0.15) is 19.8 Å². The van der Waals surface area contributed by atoms with Crippen molar-refractivity contribution in [2.75, 3.05) is 18.0 Å². The Bertz CT molecular complexity index is 1050. The number of methoxy groups -OCH3 is 1. The Morgan fingerprint density at radius 2 is 1.93 bits per heavy atom. The molecule has 0 aliphatic rings. The van der Waals surface area contributed by atoms with Crippen LogP contribution in [0.15, 0.2) is 64.1 Å². The number of ether oxygens (including phenoxy) is 1. The SMILES string of the molecule is CCCCN(c1cnc2ccccc2c1)S(=O)(=O)c1cc(Br)ccc1OC. The number of pyridine rings is 1. The van der Waals surface area contributed by atoms with E-state index in [1.165, 1.54) is 11.4 Å². The van der Waals surface area contributed by atoms with Gasteiger partial charge in [-0.25, -0.2) is 8.42 Å². The molecule has 0 amide bonds. The van der Waals surface area contributed by atoms with Gasteiger partial charge >= 0.3 is 0 Å². The Kier molecular flexibility index (Phi) is 6.01. The second-order valence-corrected chi connectivity index (χ2v) is 8.86. The highest BCUT2D eigenvalue weighted by Crippen LogP contribution is 2.33. The monoisotopic (exact) mass is 448 g/mol. The van der Waals surface area contributed by atoms with Crippen LogP contribution in [-0.2, 0) is 10.0 Å². The standard InChI is InChI=1S/C20H21BrN2O3S/c1-3-4-11-23(17-12-15-7-5-6-8-18(15)22-14-17)27(24,25)20-13-16(21)9-10-19(20)26-2/h5-10,12-14H,3-4,11H2,1-2H3. The summed E-state index contributed by atoms with van der Waals surface area (Å²) < 4.78 is 34.4. The predicted octanol–water partition coefficient (Wildman–Crippen LogP) is 5.00. The molecule has 1 heterocycles. The van der Waals surface area contributed by atoms with Gasteiger partial charge in [-0.3, -0.25) is 9.29 Å². The second kappa shape index (κ2) is 8.27. The molecule has 3 rings (SSSR count). The number of halogens is 1. The lowest BCUT2D eigenvalue weighted by Crippen LogP contribution is -2.32. The molecule has 7 heteroatoms. The fourth-order valence-electron chi connectivity index (χ4n) is 2.86. The number of sulfonamides is 1. The summed E-state index contributed by atoms with van der Waals surface area (Å²) in [7, 11) is -2.35. The van der Waals surface area contributed by atoms with E-state index in [0.717, 1.165) is 23.7 Å². The molecule has 142 valence electrons. The zero-order valence-electron chi connectivity index (χ0n) is 15.2. The largest absolute Gasteiger partial charge is 0.495 e. The zero-order chi connectivity index (χ0) is 19.4. The summed E-state index contributed by atoms with van der Waals surface area (Å²) >= 11 is 3.36. The molecule has 0 fully saturated rings. The first kappa shape index (κ1) is 19.6. The minimum atomic E-state index is -3.82. The molecular weight excluding hydrogens is 428 g/mol. The summed E-state index contributed by atoms with van der Waals surface area (Å²) in [5.41, 5.74) is 1.37. The number of aromatic nitrogens is 1. The molecule has 0 unspecified atom stereocenters. The van der Waals surface area contributed by atoms with E-state index in [4.69, 9.17) is 4.74 Å². The van der Waals surface area contributed by atoms with Crippen LogP contribution < -0.4 is 9.04 Å². The molecule has 3 aromatic rings. The summed E-state index contributed by atoms with van der Waals surface area (Å²) in [6.07, 6.45) is 3.23. The fourth-order valence-corrected chi connectivity index (χ4v) is 5.03. The van der Waals surface area contributed by atoms with Crippen LogP contribution in [0.2, 0.25) is 0 Å². The normalized spacial score (nSPS) is 11.5. The fraction of sp³-hybridized carbons (Fsp3) is 0.250. The van der Waals surface area contributed by atoms with Crippen molar-refractivity contribution in [3.63, 3.8) is 0 Å². The molecule has 27 heavy (non-hydrogen) atoms. The average Bonchev–Trinajstić information content (AvgIpc) is 2.68. The van der Waals surface area contributed by atoms with Crippen LogP contribution >= 0.6 is 15.9 Å². The van der Waals surface area contributed by atoms with Gasteiger partial charge in [0.05, 0.1) is 24.5 Å². The van der Waals surface area contributed by atoms with Gasteiger partial charge in [0, 0.05) is 16.4 Å². The van der Waals surface area contributed by atoms with Crippen LogP contribution in [0.25, 0.3) is 10.9 Å². The van der Waals surface area contributed by atoms with Crippen molar-refractivity contribution in [3.05, 3.63) is 59.2 Å². The number of nitrogens with zero attached hydrogens (tertiary/aromatic N) is 2. The van der Waals surface area contributed by atoms with Crippen LogP contribution in [-0.4, -0.2) is 27.1 Å². The molecular formula is C20H21BrN2O3S. The molecule has 1 aromatic heterocycles. The van der Waals surface area contributed by atoms with Crippen LogP contribution in [0, 0.1) is 0 Å². The molecule has 0 saturated carbocycles. The van der Waals surface area contributed by atoms with Gasteiger partial charge in [-0.2, -0.15) is 0 Å². The maximum Gasteiger partial charge on any atom is 0.268 e. The van der Waals surface area contributed by atoms with Crippen molar-refractivity contribution < 1.29 is 13.2 Å². The van der Waals surface area contributed by atoms with E-state index in [0.29, 0.717) is 22.5 Å². The van der Waals surface area contributed by atoms with E-state index in [2.05, 4.69) is 20.9 Å². The number of para-hydroxylation sites is 1. The van der Waals surface area contributed by atoms with Gasteiger partial charge in [-0.1, -0.05) is 47.5 Å². The number of benzene rings is 2. The lowest BCUT2D eigenvalue weighted by Gasteiger charge is -2.25. The highest BCUT2D eigenvalue weighted by molar-refractivity contribution is 9.10. The molecule has 0 aliphatic heterocycles. The Labute approximate surface area is 168 Å². The van der Waals surface area contributed by atoms with Crippen molar-refractivity contribution in [2.45, 2.75) is 24.7 Å². The highest BCUT2D eigenvalue weighted by atomic mass is 79.9. The zero-order valence-corrected chi connectivity index (χ0v) is 17.6.